The maximum absolute atomic E-state index is 4.67. The van der Waals surface area contributed by atoms with Gasteiger partial charge in [0.2, 0.25) is 0 Å². The SMILES string of the molecule is c1ccc2[nH]c(-c3ccc(N4CCCCCC4)cc3)nc2c1. The van der Waals surface area contributed by atoms with E-state index in [9.17, 15) is 0 Å². The van der Waals surface area contributed by atoms with E-state index in [1.165, 1.54) is 44.5 Å². The van der Waals surface area contributed by atoms with Crippen molar-refractivity contribution in [2.75, 3.05) is 18.0 Å². The number of para-hydroxylation sites is 2. The van der Waals surface area contributed by atoms with Crippen LogP contribution in [0.3, 0.4) is 0 Å². The molecule has 4 rings (SSSR count). The van der Waals surface area contributed by atoms with E-state index >= 15 is 0 Å². The number of aromatic amines is 1. The van der Waals surface area contributed by atoms with Crippen molar-refractivity contribution >= 4 is 16.7 Å². The minimum absolute atomic E-state index is 0.948. The summed E-state index contributed by atoms with van der Waals surface area (Å²) in [5.41, 5.74) is 4.60. The third kappa shape index (κ3) is 2.59. The number of imidazole rings is 1. The molecule has 1 saturated heterocycles. The first-order valence-electron chi connectivity index (χ1n) is 8.20. The van der Waals surface area contributed by atoms with Gasteiger partial charge < -0.3 is 9.88 Å². The molecule has 0 aliphatic carbocycles. The molecule has 0 amide bonds. The Morgan fingerprint density at radius 3 is 2.27 bits per heavy atom. The molecular weight excluding hydrogens is 270 g/mol. The zero-order valence-electron chi connectivity index (χ0n) is 12.8. The number of fused-ring (bicyclic) bond motifs is 1. The number of hydrogen-bond acceptors (Lipinski definition) is 2. The van der Waals surface area contributed by atoms with Gasteiger partial charge in [0.15, 0.2) is 0 Å². The Bertz CT molecular complexity index is 717. The minimum atomic E-state index is 0.948. The number of nitrogens with one attached hydrogen (secondary N) is 1. The van der Waals surface area contributed by atoms with Crippen molar-refractivity contribution in [3.8, 4) is 11.4 Å². The van der Waals surface area contributed by atoms with Crippen molar-refractivity contribution in [3.63, 3.8) is 0 Å². The quantitative estimate of drug-likeness (QED) is 0.747. The Morgan fingerprint density at radius 2 is 1.55 bits per heavy atom. The second-order valence-electron chi connectivity index (χ2n) is 6.05. The fourth-order valence-corrected chi connectivity index (χ4v) is 3.25. The Labute approximate surface area is 131 Å². The molecule has 2 aromatic carbocycles. The molecule has 0 unspecified atom stereocenters. The van der Waals surface area contributed by atoms with Gasteiger partial charge in [-0.25, -0.2) is 4.98 Å². The van der Waals surface area contributed by atoms with Crippen molar-refractivity contribution in [3.05, 3.63) is 48.5 Å². The van der Waals surface area contributed by atoms with Gasteiger partial charge in [0.1, 0.15) is 5.82 Å². The molecule has 1 aliphatic heterocycles. The van der Waals surface area contributed by atoms with Gasteiger partial charge in [0.05, 0.1) is 11.0 Å². The van der Waals surface area contributed by atoms with Crippen LogP contribution in [0.5, 0.6) is 0 Å². The van der Waals surface area contributed by atoms with Crippen molar-refractivity contribution in [2.45, 2.75) is 25.7 Å². The number of rotatable bonds is 2. The van der Waals surface area contributed by atoms with E-state index in [2.05, 4.69) is 45.2 Å². The van der Waals surface area contributed by atoms with Gasteiger partial charge >= 0.3 is 0 Å². The van der Waals surface area contributed by atoms with Crippen LogP contribution in [0.25, 0.3) is 22.4 Å². The maximum Gasteiger partial charge on any atom is 0.138 e. The summed E-state index contributed by atoms with van der Waals surface area (Å²) in [4.78, 5) is 10.6. The molecule has 0 radical (unpaired) electrons. The number of aromatic nitrogens is 2. The highest BCUT2D eigenvalue weighted by Crippen LogP contribution is 2.25. The van der Waals surface area contributed by atoms with Crippen molar-refractivity contribution in [2.24, 2.45) is 0 Å². The Morgan fingerprint density at radius 1 is 0.818 bits per heavy atom. The van der Waals surface area contributed by atoms with E-state index in [-0.39, 0.29) is 0 Å². The molecule has 0 saturated carbocycles. The maximum atomic E-state index is 4.67. The molecule has 112 valence electrons. The lowest BCUT2D eigenvalue weighted by molar-refractivity contribution is 0.726. The van der Waals surface area contributed by atoms with Gasteiger partial charge in [-0.15, -0.1) is 0 Å². The summed E-state index contributed by atoms with van der Waals surface area (Å²) in [7, 11) is 0. The topological polar surface area (TPSA) is 31.9 Å². The lowest BCUT2D eigenvalue weighted by Crippen LogP contribution is -2.23. The van der Waals surface area contributed by atoms with Crippen molar-refractivity contribution < 1.29 is 0 Å². The van der Waals surface area contributed by atoms with Gasteiger partial charge in [0, 0.05) is 24.3 Å². The second-order valence-corrected chi connectivity index (χ2v) is 6.05. The van der Waals surface area contributed by atoms with E-state index in [0.29, 0.717) is 0 Å². The van der Waals surface area contributed by atoms with Gasteiger partial charge in [-0.3, -0.25) is 0 Å². The molecule has 1 fully saturated rings. The van der Waals surface area contributed by atoms with Crippen LogP contribution in [-0.4, -0.2) is 23.1 Å². The summed E-state index contributed by atoms with van der Waals surface area (Å²) in [6.07, 6.45) is 5.36. The number of benzene rings is 2. The zero-order chi connectivity index (χ0) is 14.8. The van der Waals surface area contributed by atoms with Gasteiger partial charge in [-0.2, -0.15) is 0 Å². The monoisotopic (exact) mass is 291 g/mol. The van der Waals surface area contributed by atoms with Gasteiger partial charge in [-0.1, -0.05) is 25.0 Å². The van der Waals surface area contributed by atoms with E-state index in [4.69, 9.17) is 0 Å². The fourth-order valence-electron chi connectivity index (χ4n) is 3.25. The molecule has 22 heavy (non-hydrogen) atoms. The van der Waals surface area contributed by atoms with Gasteiger partial charge in [-0.05, 0) is 49.2 Å². The molecule has 0 bridgehead atoms. The second kappa shape index (κ2) is 5.84. The average molecular weight is 291 g/mol. The number of H-pyrrole nitrogens is 1. The molecule has 2 heterocycles. The fraction of sp³-hybridized carbons (Fsp3) is 0.316. The lowest BCUT2D eigenvalue weighted by atomic mass is 10.2. The first kappa shape index (κ1) is 13.4. The Balaban J connectivity index is 1.60. The molecule has 3 aromatic rings. The van der Waals surface area contributed by atoms with E-state index < -0.39 is 0 Å². The molecule has 0 spiro atoms. The first-order chi connectivity index (χ1) is 10.9. The van der Waals surface area contributed by atoms with Crippen LogP contribution in [0, 0.1) is 0 Å². The van der Waals surface area contributed by atoms with E-state index in [1.54, 1.807) is 0 Å². The Hall–Kier alpha value is -2.29. The van der Waals surface area contributed by atoms with Crippen LogP contribution in [0.15, 0.2) is 48.5 Å². The number of nitrogens with zero attached hydrogens (tertiary/aromatic N) is 2. The minimum Gasteiger partial charge on any atom is -0.372 e. The van der Waals surface area contributed by atoms with E-state index in [1.807, 2.05) is 18.2 Å². The molecule has 3 heteroatoms. The average Bonchev–Trinajstić information content (AvgIpc) is 2.81. The highest BCUT2D eigenvalue weighted by molar-refractivity contribution is 5.79. The molecule has 1 aromatic heterocycles. The smallest absolute Gasteiger partial charge is 0.138 e. The molecule has 1 N–H and O–H groups in total. The molecule has 1 aliphatic rings. The zero-order valence-corrected chi connectivity index (χ0v) is 12.8. The lowest BCUT2D eigenvalue weighted by Gasteiger charge is -2.22. The molecule has 3 nitrogen and oxygen atoms in total. The Kier molecular flexibility index (Phi) is 3.55. The standard InChI is InChI=1S/C19H21N3/c1-2-6-14-22(13-5-1)16-11-9-15(10-12-16)19-20-17-7-3-4-8-18(17)21-19/h3-4,7-12H,1-2,5-6,13-14H2,(H,20,21). The van der Waals surface area contributed by atoms with Crippen LogP contribution in [-0.2, 0) is 0 Å². The summed E-state index contributed by atoms with van der Waals surface area (Å²) in [6.45, 7) is 2.37. The normalized spacial score (nSPS) is 15.9. The van der Waals surface area contributed by atoms with Crippen LogP contribution in [0.1, 0.15) is 25.7 Å². The van der Waals surface area contributed by atoms with E-state index in [0.717, 1.165) is 22.4 Å². The predicted octanol–water partition coefficient (Wildman–Crippen LogP) is 4.61. The molecule has 0 atom stereocenters. The highest BCUT2D eigenvalue weighted by atomic mass is 15.1. The van der Waals surface area contributed by atoms with Crippen LogP contribution in [0.2, 0.25) is 0 Å². The highest BCUT2D eigenvalue weighted by Gasteiger charge is 2.10. The largest absolute Gasteiger partial charge is 0.372 e. The van der Waals surface area contributed by atoms with Crippen molar-refractivity contribution in [1.29, 1.82) is 0 Å². The summed E-state index contributed by atoms with van der Waals surface area (Å²) in [5, 5.41) is 0. The predicted molar refractivity (Wildman–Crippen MR) is 92.2 cm³/mol. The number of anilines is 1. The third-order valence-electron chi connectivity index (χ3n) is 4.50. The summed E-state index contributed by atoms with van der Waals surface area (Å²) in [6, 6.07) is 17.0. The first-order valence-corrected chi connectivity index (χ1v) is 8.20. The summed E-state index contributed by atoms with van der Waals surface area (Å²) >= 11 is 0. The number of hydrogen-bond donors (Lipinski definition) is 1. The van der Waals surface area contributed by atoms with Crippen LogP contribution in [0.4, 0.5) is 5.69 Å². The van der Waals surface area contributed by atoms with Crippen LogP contribution < -0.4 is 4.90 Å². The summed E-state index contributed by atoms with van der Waals surface area (Å²) in [5.74, 6) is 0.948. The molecular formula is C19H21N3. The van der Waals surface area contributed by atoms with Crippen LogP contribution >= 0.6 is 0 Å². The third-order valence-corrected chi connectivity index (χ3v) is 4.50. The summed E-state index contributed by atoms with van der Waals surface area (Å²) < 4.78 is 0. The van der Waals surface area contributed by atoms with Crippen molar-refractivity contribution in [1.82, 2.24) is 9.97 Å². The van der Waals surface area contributed by atoms with Gasteiger partial charge in [0.25, 0.3) is 0 Å².